The van der Waals surface area contributed by atoms with E-state index >= 15 is 0 Å². The van der Waals surface area contributed by atoms with Crippen LogP contribution in [0.2, 0.25) is 0 Å². The van der Waals surface area contributed by atoms with Crippen LogP contribution in [0.25, 0.3) is 0 Å². The molecule has 3 nitrogen and oxygen atoms in total. The Kier molecular flexibility index (Phi) is 3.93. The molecule has 0 aromatic rings. The fourth-order valence-corrected chi connectivity index (χ4v) is 2.57. The minimum Gasteiger partial charge on any atom is -0.328 e. The molecule has 1 saturated carbocycles. The van der Waals surface area contributed by atoms with E-state index in [4.69, 9.17) is 11.6 Å². The molecule has 0 aromatic carbocycles. The summed E-state index contributed by atoms with van der Waals surface area (Å²) >= 11 is 0. The van der Waals surface area contributed by atoms with E-state index in [0.29, 0.717) is 12.0 Å². The van der Waals surface area contributed by atoms with Crippen LogP contribution in [-0.2, 0) is 0 Å². The summed E-state index contributed by atoms with van der Waals surface area (Å²) < 4.78 is 0. The van der Waals surface area contributed by atoms with Crippen LogP contribution >= 0.6 is 0 Å². The zero-order valence-corrected chi connectivity index (χ0v) is 9.79. The third kappa shape index (κ3) is 2.27. The van der Waals surface area contributed by atoms with E-state index in [1.54, 1.807) is 0 Å². The molecule has 0 amide bonds. The molecule has 0 spiro atoms. The summed E-state index contributed by atoms with van der Waals surface area (Å²) in [5.41, 5.74) is 6.07. The molecule has 0 bridgehead atoms. The summed E-state index contributed by atoms with van der Waals surface area (Å²) in [5, 5.41) is 1.90. The van der Waals surface area contributed by atoms with Crippen LogP contribution in [-0.4, -0.2) is 23.6 Å². The third-order valence-electron chi connectivity index (χ3n) is 4.17. The number of hydrogen-bond donors (Lipinski definition) is 2. The largest absolute Gasteiger partial charge is 0.328 e. The molecule has 1 aliphatic carbocycles. The highest BCUT2D eigenvalue weighted by atomic mass is 15.4. The van der Waals surface area contributed by atoms with Crippen LogP contribution in [0.1, 0.15) is 46.0 Å². The minimum absolute atomic E-state index is 0.153. The van der Waals surface area contributed by atoms with Gasteiger partial charge in [-0.15, -0.1) is 0 Å². The summed E-state index contributed by atoms with van der Waals surface area (Å²) in [6.45, 7) is 4.49. The van der Waals surface area contributed by atoms with Crippen LogP contribution < -0.4 is 11.6 Å². The summed E-state index contributed by atoms with van der Waals surface area (Å²) in [6, 6.07) is 0.426. The number of rotatable bonds is 3. The van der Waals surface area contributed by atoms with E-state index in [2.05, 4.69) is 13.8 Å². The maximum atomic E-state index is 5.95. The molecule has 0 aliphatic heterocycles. The summed E-state index contributed by atoms with van der Waals surface area (Å²) in [5.74, 6) is 6.66. The second kappa shape index (κ2) is 4.60. The molecule has 0 heterocycles. The first-order chi connectivity index (χ1) is 6.50. The molecule has 1 fully saturated rings. The Hall–Kier alpha value is -0.120. The lowest BCUT2D eigenvalue weighted by Gasteiger charge is -2.44. The molecule has 0 radical (unpaired) electrons. The van der Waals surface area contributed by atoms with Gasteiger partial charge in [0.05, 0.1) is 0 Å². The van der Waals surface area contributed by atoms with Crippen LogP contribution in [0.3, 0.4) is 0 Å². The Morgan fingerprint density at radius 1 is 1.29 bits per heavy atom. The van der Waals surface area contributed by atoms with Gasteiger partial charge in [-0.25, -0.2) is 5.01 Å². The van der Waals surface area contributed by atoms with Crippen molar-refractivity contribution >= 4 is 0 Å². The fraction of sp³-hybridized carbons (Fsp3) is 1.00. The predicted molar refractivity (Wildman–Crippen MR) is 60.6 cm³/mol. The van der Waals surface area contributed by atoms with Gasteiger partial charge in [0.1, 0.15) is 0 Å². The maximum absolute atomic E-state index is 5.95. The molecular formula is C11H25N3. The zero-order chi connectivity index (χ0) is 10.8. The Morgan fingerprint density at radius 2 is 1.79 bits per heavy atom. The van der Waals surface area contributed by atoms with Crippen LogP contribution in [0.4, 0.5) is 0 Å². The van der Waals surface area contributed by atoms with Gasteiger partial charge in [0, 0.05) is 18.6 Å². The van der Waals surface area contributed by atoms with Crippen molar-refractivity contribution < 1.29 is 0 Å². The Morgan fingerprint density at radius 3 is 2.14 bits per heavy atom. The van der Waals surface area contributed by atoms with Crippen LogP contribution in [0.5, 0.6) is 0 Å². The lowest BCUT2D eigenvalue weighted by atomic mass is 9.73. The summed E-state index contributed by atoms with van der Waals surface area (Å²) in [6.07, 6.45) is 5.89. The molecule has 1 rings (SSSR count). The van der Waals surface area contributed by atoms with E-state index in [1.165, 1.54) is 12.8 Å². The molecular weight excluding hydrogens is 174 g/mol. The van der Waals surface area contributed by atoms with E-state index < -0.39 is 0 Å². The highest BCUT2D eigenvalue weighted by molar-refractivity contribution is 4.91. The second-order valence-corrected chi connectivity index (χ2v) is 4.93. The molecule has 3 heteroatoms. The first-order valence-corrected chi connectivity index (χ1v) is 5.74. The Bertz CT molecular complexity index is 173. The number of nitrogens with two attached hydrogens (primary N) is 2. The first-order valence-electron chi connectivity index (χ1n) is 5.74. The van der Waals surface area contributed by atoms with Gasteiger partial charge in [0.15, 0.2) is 0 Å². The smallest absolute Gasteiger partial charge is 0.0346 e. The molecule has 14 heavy (non-hydrogen) atoms. The van der Waals surface area contributed by atoms with E-state index in [1.807, 2.05) is 12.1 Å². The van der Waals surface area contributed by atoms with Crippen molar-refractivity contribution in [1.82, 2.24) is 5.01 Å². The highest BCUT2D eigenvalue weighted by Crippen LogP contribution is 2.36. The SMILES string of the molecule is CCC(C)(C1CCC(N)CC1)N(C)N. The summed E-state index contributed by atoms with van der Waals surface area (Å²) in [7, 11) is 1.98. The summed E-state index contributed by atoms with van der Waals surface area (Å²) in [4.78, 5) is 0. The topological polar surface area (TPSA) is 55.3 Å². The Balaban J connectivity index is 2.61. The normalized spacial score (nSPS) is 33.0. The van der Waals surface area contributed by atoms with Crippen LogP contribution in [0.15, 0.2) is 0 Å². The fourth-order valence-electron chi connectivity index (χ4n) is 2.57. The Labute approximate surface area is 87.8 Å². The highest BCUT2D eigenvalue weighted by Gasteiger charge is 2.36. The van der Waals surface area contributed by atoms with E-state index in [0.717, 1.165) is 19.3 Å². The van der Waals surface area contributed by atoms with Crippen molar-refractivity contribution in [2.24, 2.45) is 17.5 Å². The molecule has 1 unspecified atom stereocenters. The van der Waals surface area contributed by atoms with Crippen molar-refractivity contribution in [1.29, 1.82) is 0 Å². The second-order valence-electron chi connectivity index (χ2n) is 4.93. The molecule has 0 aromatic heterocycles. The van der Waals surface area contributed by atoms with Crippen LogP contribution in [0, 0.1) is 5.92 Å². The lowest BCUT2D eigenvalue weighted by Crippen LogP contribution is -2.54. The monoisotopic (exact) mass is 199 g/mol. The minimum atomic E-state index is 0.153. The van der Waals surface area contributed by atoms with Gasteiger partial charge in [-0.2, -0.15) is 0 Å². The maximum Gasteiger partial charge on any atom is 0.0346 e. The number of hydrazine groups is 1. The first kappa shape index (κ1) is 12.0. The van der Waals surface area contributed by atoms with Crippen molar-refractivity contribution in [2.75, 3.05) is 7.05 Å². The van der Waals surface area contributed by atoms with Gasteiger partial charge < -0.3 is 5.73 Å². The van der Waals surface area contributed by atoms with E-state index in [9.17, 15) is 0 Å². The molecule has 1 aliphatic rings. The quantitative estimate of drug-likeness (QED) is 0.535. The van der Waals surface area contributed by atoms with Gasteiger partial charge in [0.2, 0.25) is 0 Å². The number of hydrogen-bond acceptors (Lipinski definition) is 3. The van der Waals surface area contributed by atoms with Gasteiger partial charge in [-0.05, 0) is 44.9 Å². The molecule has 0 saturated heterocycles. The standard InChI is InChI=1S/C11H25N3/c1-4-11(2,14(3)13)9-5-7-10(12)8-6-9/h9-10H,4-8,12-13H2,1-3H3. The van der Waals surface area contributed by atoms with Gasteiger partial charge in [-0.3, -0.25) is 5.84 Å². The van der Waals surface area contributed by atoms with Gasteiger partial charge in [0.25, 0.3) is 0 Å². The van der Waals surface area contributed by atoms with E-state index in [-0.39, 0.29) is 5.54 Å². The van der Waals surface area contributed by atoms with Crippen molar-refractivity contribution in [3.63, 3.8) is 0 Å². The molecule has 4 N–H and O–H groups in total. The average molecular weight is 199 g/mol. The zero-order valence-electron chi connectivity index (χ0n) is 9.79. The van der Waals surface area contributed by atoms with Crippen molar-refractivity contribution in [3.8, 4) is 0 Å². The van der Waals surface area contributed by atoms with Gasteiger partial charge in [-0.1, -0.05) is 6.92 Å². The lowest BCUT2D eigenvalue weighted by molar-refractivity contribution is 0.0434. The predicted octanol–water partition coefficient (Wildman–Crippen LogP) is 1.48. The van der Waals surface area contributed by atoms with Gasteiger partial charge >= 0.3 is 0 Å². The third-order valence-corrected chi connectivity index (χ3v) is 4.17. The molecule has 1 atom stereocenters. The molecule has 84 valence electrons. The number of nitrogens with zero attached hydrogens (tertiary/aromatic N) is 1. The van der Waals surface area contributed by atoms with Crippen molar-refractivity contribution in [2.45, 2.75) is 57.5 Å². The van der Waals surface area contributed by atoms with Crippen molar-refractivity contribution in [3.05, 3.63) is 0 Å². The average Bonchev–Trinajstić information content (AvgIpc) is 2.17.